The maximum absolute atomic E-state index is 13.2. The van der Waals surface area contributed by atoms with Crippen LogP contribution in [0.3, 0.4) is 0 Å². The zero-order chi connectivity index (χ0) is 17.8. The number of halogens is 1. The van der Waals surface area contributed by atoms with E-state index in [1.807, 2.05) is 5.38 Å². The molecule has 3 heterocycles. The highest BCUT2D eigenvalue weighted by atomic mass is 32.1. The first-order valence-corrected chi connectivity index (χ1v) is 8.92. The number of fused-ring (bicyclic) bond motifs is 1. The second-order valence-electron chi connectivity index (χ2n) is 5.48. The fraction of sp³-hybridized carbons (Fsp3) is 0.111. The number of rotatable bonds is 6. The van der Waals surface area contributed by atoms with Crippen molar-refractivity contribution in [1.29, 1.82) is 0 Å². The predicted octanol–water partition coefficient (Wildman–Crippen LogP) is 3.81. The molecule has 4 aromatic rings. The third kappa shape index (κ3) is 3.45. The largest absolute Gasteiger partial charge is 0.368 e. The molecule has 2 N–H and O–H groups in total. The highest BCUT2D eigenvalue weighted by Gasteiger charge is 2.13. The molecule has 0 atom stereocenters. The summed E-state index contributed by atoms with van der Waals surface area (Å²) >= 11 is 1.54. The quantitative estimate of drug-likeness (QED) is 0.506. The Morgan fingerprint density at radius 3 is 2.50 bits per heavy atom. The predicted molar refractivity (Wildman–Crippen MR) is 102 cm³/mol. The van der Waals surface area contributed by atoms with Crippen LogP contribution in [0.1, 0.15) is 0 Å². The minimum Gasteiger partial charge on any atom is -0.368 e. The van der Waals surface area contributed by atoms with Crippen LogP contribution in [0.15, 0.2) is 54.4 Å². The molecule has 0 aliphatic heterocycles. The van der Waals surface area contributed by atoms with E-state index in [4.69, 9.17) is 0 Å². The van der Waals surface area contributed by atoms with Crippen LogP contribution < -0.4 is 10.6 Å². The van der Waals surface area contributed by atoms with Crippen molar-refractivity contribution in [3.05, 3.63) is 60.3 Å². The van der Waals surface area contributed by atoms with Crippen LogP contribution in [0.4, 0.5) is 16.2 Å². The Balaban J connectivity index is 1.53. The lowest BCUT2D eigenvalue weighted by molar-refractivity contribution is 0.628. The fourth-order valence-electron chi connectivity index (χ4n) is 2.60. The monoisotopic (exact) mass is 366 g/mol. The number of hydrogen-bond acceptors (Lipinski definition) is 7. The van der Waals surface area contributed by atoms with Crippen LogP contribution in [0.25, 0.3) is 21.3 Å². The van der Waals surface area contributed by atoms with Gasteiger partial charge in [-0.15, -0.1) is 11.3 Å². The van der Waals surface area contributed by atoms with Gasteiger partial charge in [0.05, 0.1) is 5.39 Å². The molecule has 0 amide bonds. The molecule has 0 bridgehead atoms. The van der Waals surface area contributed by atoms with Crippen LogP contribution >= 0.6 is 11.3 Å². The summed E-state index contributed by atoms with van der Waals surface area (Å²) in [5.41, 5.74) is 1.93. The Hall–Kier alpha value is -3.13. The Morgan fingerprint density at radius 1 is 0.923 bits per heavy atom. The van der Waals surface area contributed by atoms with Crippen molar-refractivity contribution >= 4 is 33.3 Å². The lowest BCUT2D eigenvalue weighted by atomic mass is 10.1. The second kappa shape index (κ2) is 7.40. The fourth-order valence-corrected chi connectivity index (χ4v) is 3.51. The zero-order valence-corrected chi connectivity index (χ0v) is 14.5. The van der Waals surface area contributed by atoms with E-state index in [0.29, 0.717) is 19.0 Å². The van der Waals surface area contributed by atoms with E-state index in [1.165, 1.54) is 12.1 Å². The minimum atomic E-state index is -0.253. The summed E-state index contributed by atoms with van der Waals surface area (Å²) in [6, 6.07) is 8.22. The van der Waals surface area contributed by atoms with E-state index in [2.05, 4.69) is 30.6 Å². The van der Waals surface area contributed by atoms with Gasteiger partial charge in [0.2, 0.25) is 5.95 Å². The van der Waals surface area contributed by atoms with Crippen molar-refractivity contribution in [3.63, 3.8) is 0 Å². The van der Waals surface area contributed by atoms with Gasteiger partial charge in [-0.25, -0.2) is 24.3 Å². The van der Waals surface area contributed by atoms with Gasteiger partial charge < -0.3 is 10.6 Å². The highest BCUT2D eigenvalue weighted by Crippen LogP contribution is 2.36. The van der Waals surface area contributed by atoms with Gasteiger partial charge >= 0.3 is 0 Å². The molecular formula is C18H15FN6S. The third-order valence-electron chi connectivity index (χ3n) is 3.79. The zero-order valence-electron chi connectivity index (χ0n) is 13.7. The van der Waals surface area contributed by atoms with Crippen molar-refractivity contribution in [3.8, 4) is 11.1 Å². The standard InChI is InChI=1S/C18H15FN6S/c19-13-4-2-12(3-5-13)14-10-26-17-15(14)16(24-11-25-17)20-8-9-23-18-21-6-1-7-22-18/h1-7,10-11H,8-9H2,(H,20,24,25)(H,21,22,23). The molecule has 130 valence electrons. The number of aromatic nitrogens is 4. The number of anilines is 2. The SMILES string of the molecule is Fc1ccc(-c2csc3ncnc(NCCNc4ncccn4)c23)cc1. The van der Waals surface area contributed by atoms with Crippen LogP contribution in [0.2, 0.25) is 0 Å². The van der Waals surface area contributed by atoms with E-state index >= 15 is 0 Å². The molecule has 26 heavy (non-hydrogen) atoms. The van der Waals surface area contributed by atoms with Crippen molar-refractivity contribution < 1.29 is 4.39 Å². The van der Waals surface area contributed by atoms with Crippen molar-refractivity contribution in [2.24, 2.45) is 0 Å². The highest BCUT2D eigenvalue weighted by molar-refractivity contribution is 7.17. The van der Waals surface area contributed by atoms with Crippen LogP contribution in [0, 0.1) is 5.82 Å². The molecule has 0 aliphatic carbocycles. The Labute approximate surface area is 153 Å². The van der Waals surface area contributed by atoms with Gasteiger partial charge in [-0.3, -0.25) is 0 Å². The normalized spacial score (nSPS) is 10.8. The van der Waals surface area contributed by atoms with Gasteiger partial charge in [-0.2, -0.15) is 0 Å². The first kappa shape index (κ1) is 16.3. The van der Waals surface area contributed by atoms with Gasteiger partial charge in [-0.1, -0.05) is 12.1 Å². The van der Waals surface area contributed by atoms with Crippen LogP contribution in [-0.2, 0) is 0 Å². The van der Waals surface area contributed by atoms with Gasteiger partial charge in [0.1, 0.15) is 22.8 Å². The van der Waals surface area contributed by atoms with Gasteiger partial charge in [0.15, 0.2) is 0 Å². The first-order chi connectivity index (χ1) is 12.8. The number of nitrogens with one attached hydrogen (secondary N) is 2. The summed E-state index contributed by atoms with van der Waals surface area (Å²) in [4.78, 5) is 17.9. The van der Waals surface area contributed by atoms with E-state index in [-0.39, 0.29) is 5.82 Å². The van der Waals surface area contributed by atoms with E-state index in [0.717, 1.165) is 27.2 Å². The number of nitrogens with zero attached hydrogens (tertiary/aromatic N) is 4. The van der Waals surface area contributed by atoms with E-state index < -0.39 is 0 Å². The molecule has 0 saturated carbocycles. The Morgan fingerprint density at radius 2 is 1.69 bits per heavy atom. The molecular weight excluding hydrogens is 351 g/mol. The van der Waals surface area contributed by atoms with Crippen molar-refractivity contribution in [2.75, 3.05) is 23.7 Å². The van der Waals surface area contributed by atoms with E-state index in [9.17, 15) is 4.39 Å². The molecule has 8 heteroatoms. The summed E-state index contributed by atoms with van der Waals surface area (Å²) in [5.74, 6) is 1.09. The second-order valence-corrected chi connectivity index (χ2v) is 6.34. The summed E-state index contributed by atoms with van der Waals surface area (Å²) in [5, 5.41) is 9.44. The van der Waals surface area contributed by atoms with Crippen LogP contribution in [-0.4, -0.2) is 33.0 Å². The number of benzene rings is 1. The molecule has 0 unspecified atom stereocenters. The summed E-state index contributed by atoms with van der Waals surface area (Å²) in [6.07, 6.45) is 4.93. The molecule has 3 aromatic heterocycles. The minimum absolute atomic E-state index is 0.253. The lowest BCUT2D eigenvalue weighted by Gasteiger charge is -2.09. The average Bonchev–Trinajstić information content (AvgIpc) is 3.12. The molecule has 0 saturated heterocycles. The Bertz CT molecular complexity index is 1000. The molecule has 0 fully saturated rings. The number of hydrogen-bond donors (Lipinski definition) is 2. The first-order valence-electron chi connectivity index (χ1n) is 8.04. The third-order valence-corrected chi connectivity index (χ3v) is 4.68. The topological polar surface area (TPSA) is 75.6 Å². The summed E-state index contributed by atoms with van der Waals surface area (Å²) < 4.78 is 13.2. The van der Waals surface area contributed by atoms with Crippen LogP contribution in [0.5, 0.6) is 0 Å². The molecule has 4 rings (SSSR count). The van der Waals surface area contributed by atoms with Gasteiger partial charge in [0.25, 0.3) is 0 Å². The van der Waals surface area contributed by atoms with Crippen molar-refractivity contribution in [1.82, 2.24) is 19.9 Å². The number of thiophene rings is 1. The van der Waals surface area contributed by atoms with Gasteiger partial charge in [-0.05, 0) is 23.8 Å². The smallest absolute Gasteiger partial charge is 0.222 e. The summed E-state index contributed by atoms with van der Waals surface area (Å²) in [7, 11) is 0. The molecule has 0 aliphatic rings. The molecule has 0 radical (unpaired) electrons. The maximum atomic E-state index is 13.2. The Kier molecular flexibility index (Phi) is 4.65. The summed E-state index contributed by atoms with van der Waals surface area (Å²) in [6.45, 7) is 1.29. The van der Waals surface area contributed by atoms with Gasteiger partial charge in [0, 0.05) is 36.4 Å². The molecule has 1 aromatic carbocycles. The molecule has 0 spiro atoms. The molecule has 6 nitrogen and oxygen atoms in total. The average molecular weight is 366 g/mol. The van der Waals surface area contributed by atoms with Crippen molar-refractivity contribution in [2.45, 2.75) is 0 Å². The van der Waals surface area contributed by atoms with E-state index in [1.54, 1.807) is 48.3 Å². The maximum Gasteiger partial charge on any atom is 0.222 e. The lowest BCUT2D eigenvalue weighted by Crippen LogP contribution is -2.15.